The number of benzene rings is 1. The lowest BCUT2D eigenvalue weighted by atomic mass is 10.1. The van der Waals surface area contributed by atoms with Gasteiger partial charge in [0.15, 0.2) is 0 Å². The lowest BCUT2D eigenvalue weighted by molar-refractivity contribution is -0.871. The van der Waals surface area contributed by atoms with Crippen LogP contribution in [-0.4, -0.2) is 61.8 Å². The molecule has 29 heavy (non-hydrogen) atoms. The van der Waals surface area contributed by atoms with Crippen molar-refractivity contribution in [2.75, 3.05) is 34.3 Å². The van der Waals surface area contributed by atoms with Crippen LogP contribution in [0.4, 0.5) is 4.39 Å². The smallest absolute Gasteiger partial charge is 0.305 e. The number of carboxylic acids is 1. The molecule has 1 rings (SSSR count). The number of aliphatic carboxylic acids is 1. The lowest BCUT2D eigenvalue weighted by Crippen LogP contribution is -2.49. The summed E-state index contributed by atoms with van der Waals surface area (Å²) in [4.78, 5) is 23.1. The van der Waals surface area contributed by atoms with Crippen LogP contribution in [0.25, 0.3) is 0 Å². The second kappa shape index (κ2) is 13.3. The van der Waals surface area contributed by atoms with Crippen LogP contribution in [0.5, 0.6) is 0 Å². The lowest BCUT2D eigenvalue weighted by Gasteiger charge is -2.29. The van der Waals surface area contributed by atoms with Crippen molar-refractivity contribution in [1.82, 2.24) is 5.32 Å². The first-order valence-corrected chi connectivity index (χ1v) is 10.3. The zero-order valence-electron chi connectivity index (χ0n) is 18.0. The van der Waals surface area contributed by atoms with E-state index >= 15 is 0 Å². The third-order valence-corrected chi connectivity index (χ3v) is 4.46. The summed E-state index contributed by atoms with van der Waals surface area (Å²) in [6, 6.07) is 6.26. The minimum Gasteiger partial charge on any atom is -0.481 e. The molecular weight excluding hydrogens is 375 g/mol. The van der Waals surface area contributed by atoms with Gasteiger partial charge in [-0.25, -0.2) is 4.39 Å². The van der Waals surface area contributed by atoms with Crippen molar-refractivity contribution in [2.45, 2.75) is 57.6 Å². The predicted octanol–water partition coefficient (Wildman–Crippen LogP) is 3.35. The maximum Gasteiger partial charge on any atom is 0.305 e. The number of likely N-dealkylation sites (N-methyl/N-ethyl adjacent to an activating group) is 1. The fourth-order valence-corrected chi connectivity index (χ4v) is 3.15. The molecule has 0 aliphatic rings. The van der Waals surface area contributed by atoms with Gasteiger partial charge in [0, 0.05) is 18.6 Å². The van der Waals surface area contributed by atoms with Gasteiger partial charge in [0.2, 0.25) is 5.91 Å². The number of nitrogens with one attached hydrogen (secondary N) is 1. The quantitative estimate of drug-likeness (QED) is 0.343. The number of ether oxygens (including phenoxy) is 1. The van der Waals surface area contributed by atoms with E-state index in [9.17, 15) is 14.0 Å². The van der Waals surface area contributed by atoms with Crippen molar-refractivity contribution in [3.63, 3.8) is 0 Å². The van der Waals surface area contributed by atoms with E-state index in [2.05, 4.69) is 5.32 Å². The standard InChI is InChI=1S/C22H35FN2O4/c1-25(2,3)16-19(15-22(27)28)24-21(26)13-7-5-4-6-10-14-29-17-18-11-8-9-12-20(18)23/h8-9,11-12,19H,4-7,10,13-17H2,1-3H3,(H-,24,26,27,28)/p+1. The summed E-state index contributed by atoms with van der Waals surface area (Å²) in [6.45, 7) is 1.46. The maximum absolute atomic E-state index is 13.4. The zero-order valence-corrected chi connectivity index (χ0v) is 18.0. The molecular formula is C22H36FN2O4+. The van der Waals surface area contributed by atoms with Crippen molar-refractivity contribution in [2.24, 2.45) is 0 Å². The second-order valence-corrected chi connectivity index (χ2v) is 8.50. The Kier molecular flexibility index (Phi) is 11.5. The first kappa shape index (κ1) is 25.0. The molecule has 0 heterocycles. The van der Waals surface area contributed by atoms with Crippen LogP contribution in [-0.2, 0) is 20.9 Å². The van der Waals surface area contributed by atoms with Crippen LogP contribution in [0.15, 0.2) is 24.3 Å². The Hall–Kier alpha value is -1.99. The van der Waals surface area contributed by atoms with E-state index in [0.717, 1.165) is 32.1 Å². The second-order valence-electron chi connectivity index (χ2n) is 8.50. The van der Waals surface area contributed by atoms with Crippen molar-refractivity contribution < 1.29 is 28.3 Å². The fraction of sp³-hybridized carbons (Fsp3) is 0.636. The molecule has 0 aromatic heterocycles. The van der Waals surface area contributed by atoms with Gasteiger partial charge in [-0.3, -0.25) is 9.59 Å². The maximum atomic E-state index is 13.4. The van der Waals surface area contributed by atoms with E-state index in [1.165, 1.54) is 6.07 Å². The van der Waals surface area contributed by atoms with Crippen LogP contribution in [0.2, 0.25) is 0 Å². The molecule has 1 atom stereocenters. The number of rotatable bonds is 15. The van der Waals surface area contributed by atoms with Gasteiger partial charge in [-0.2, -0.15) is 0 Å². The molecule has 1 aromatic carbocycles. The molecule has 0 radical (unpaired) electrons. The van der Waals surface area contributed by atoms with Gasteiger partial charge in [0.05, 0.1) is 46.8 Å². The number of halogens is 1. The van der Waals surface area contributed by atoms with E-state index in [4.69, 9.17) is 9.84 Å². The molecule has 0 fully saturated rings. The third-order valence-electron chi connectivity index (χ3n) is 4.46. The average Bonchev–Trinajstić information content (AvgIpc) is 2.59. The van der Waals surface area contributed by atoms with Crippen LogP contribution in [0, 0.1) is 5.82 Å². The highest BCUT2D eigenvalue weighted by molar-refractivity contribution is 5.77. The van der Waals surface area contributed by atoms with Gasteiger partial charge in [0.1, 0.15) is 5.82 Å². The Labute approximate surface area is 173 Å². The molecule has 0 saturated heterocycles. The van der Waals surface area contributed by atoms with Crippen molar-refractivity contribution >= 4 is 11.9 Å². The summed E-state index contributed by atoms with van der Waals surface area (Å²) in [5, 5.41) is 11.9. The summed E-state index contributed by atoms with van der Waals surface area (Å²) < 4.78 is 19.6. The van der Waals surface area contributed by atoms with Crippen molar-refractivity contribution in [3.05, 3.63) is 35.6 Å². The fourth-order valence-electron chi connectivity index (χ4n) is 3.15. The number of hydrogen-bond acceptors (Lipinski definition) is 3. The number of nitrogens with zero attached hydrogens (tertiary/aromatic N) is 1. The van der Waals surface area contributed by atoms with Crippen LogP contribution >= 0.6 is 0 Å². The molecule has 1 aromatic rings. The summed E-state index contributed by atoms with van der Waals surface area (Å²) in [5.41, 5.74) is 0.574. The molecule has 0 aliphatic heterocycles. The summed E-state index contributed by atoms with van der Waals surface area (Å²) >= 11 is 0. The molecule has 0 saturated carbocycles. The molecule has 0 bridgehead atoms. The third kappa shape index (κ3) is 13.0. The molecule has 0 spiro atoms. The highest BCUT2D eigenvalue weighted by atomic mass is 19.1. The monoisotopic (exact) mass is 411 g/mol. The molecule has 0 aliphatic carbocycles. The highest BCUT2D eigenvalue weighted by Crippen LogP contribution is 2.10. The van der Waals surface area contributed by atoms with Gasteiger partial charge < -0.3 is 19.6 Å². The topological polar surface area (TPSA) is 75.6 Å². The van der Waals surface area contributed by atoms with Crippen molar-refractivity contribution in [3.8, 4) is 0 Å². The van der Waals surface area contributed by atoms with Crippen LogP contribution < -0.4 is 5.32 Å². The Balaban J connectivity index is 2.09. The largest absolute Gasteiger partial charge is 0.481 e. The van der Waals surface area contributed by atoms with Gasteiger partial charge in [-0.1, -0.05) is 37.5 Å². The van der Waals surface area contributed by atoms with E-state index in [1.54, 1.807) is 18.2 Å². The van der Waals surface area contributed by atoms with Crippen LogP contribution in [0.1, 0.15) is 50.5 Å². The summed E-state index contributed by atoms with van der Waals surface area (Å²) in [7, 11) is 5.92. The summed E-state index contributed by atoms with van der Waals surface area (Å²) in [5.74, 6) is -1.23. The first-order chi connectivity index (χ1) is 13.7. The number of carbonyl (C=O) groups excluding carboxylic acids is 1. The van der Waals surface area contributed by atoms with E-state index in [-0.39, 0.29) is 30.8 Å². The van der Waals surface area contributed by atoms with Crippen molar-refractivity contribution in [1.29, 1.82) is 0 Å². The van der Waals surface area contributed by atoms with E-state index in [1.807, 2.05) is 21.1 Å². The molecule has 164 valence electrons. The highest BCUT2D eigenvalue weighted by Gasteiger charge is 2.22. The molecule has 1 amide bonds. The van der Waals surface area contributed by atoms with Gasteiger partial charge >= 0.3 is 5.97 Å². The number of carbonyl (C=O) groups is 2. The minimum atomic E-state index is -0.902. The Bertz CT molecular complexity index is 631. The van der Waals surface area contributed by atoms with Gasteiger partial charge in [0.25, 0.3) is 0 Å². The number of hydrogen-bond donors (Lipinski definition) is 2. The number of amides is 1. The Morgan fingerprint density at radius 1 is 1.10 bits per heavy atom. The van der Waals surface area contributed by atoms with Gasteiger partial charge in [-0.05, 0) is 18.9 Å². The SMILES string of the molecule is C[N+](C)(C)CC(CC(=O)O)NC(=O)CCCCCCCOCc1ccccc1F. The predicted molar refractivity (Wildman–Crippen MR) is 111 cm³/mol. The molecule has 6 nitrogen and oxygen atoms in total. The normalized spacial score (nSPS) is 12.6. The Morgan fingerprint density at radius 3 is 2.41 bits per heavy atom. The van der Waals surface area contributed by atoms with E-state index < -0.39 is 5.97 Å². The summed E-state index contributed by atoms with van der Waals surface area (Å²) in [6.07, 6.45) is 5.00. The molecule has 7 heteroatoms. The number of unbranched alkanes of at least 4 members (excludes halogenated alkanes) is 4. The molecule has 1 unspecified atom stereocenters. The number of quaternary nitrogens is 1. The van der Waals surface area contributed by atoms with Crippen LogP contribution in [0.3, 0.4) is 0 Å². The zero-order chi connectivity index (χ0) is 21.7. The van der Waals surface area contributed by atoms with E-state index in [0.29, 0.717) is 29.6 Å². The first-order valence-electron chi connectivity index (χ1n) is 10.3. The minimum absolute atomic E-state index is 0.0614. The Morgan fingerprint density at radius 2 is 1.76 bits per heavy atom. The molecule has 2 N–H and O–H groups in total. The van der Waals surface area contributed by atoms with Gasteiger partial charge in [-0.15, -0.1) is 0 Å². The average molecular weight is 412 g/mol. The number of carboxylic acid groups (broad SMARTS) is 1.